The third kappa shape index (κ3) is 3.83. The van der Waals surface area contributed by atoms with E-state index < -0.39 is 0 Å². The van der Waals surface area contributed by atoms with Crippen molar-refractivity contribution in [3.63, 3.8) is 0 Å². The van der Waals surface area contributed by atoms with Gasteiger partial charge in [-0.2, -0.15) is 5.10 Å². The van der Waals surface area contributed by atoms with Gasteiger partial charge in [-0.25, -0.2) is 4.98 Å². The SMILES string of the molecule is O=C(NC1CN(C(=O)CC2=Cc3ccccc3C2)C2(CCOC2)C1)[C@@H]1CCC[C@@H]1c1ncn[nH]1. The average molecular weight is 462 g/mol. The zero-order valence-electron chi connectivity index (χ0n) is 19.3. The number of benzene rings is 1. The van der Waals surface area contributed by atoms with Crippen molar-refractivity contribution in [2.75, 3.05) is 19.8 Å². The van der Waals surface area contributed by atoms with E-state index in [1.54, 1.807) is 0 Å². The van der Waals surface area contributed by atoms with Gasteiger partial charge in [-0.1, -0.05) is 42.3 Å². The van der Waals surface area contributed by atoms with Gasteiger partial charge < -0.3 is 15.0 Å². The van der Waals surface area contributed by atoms with Crippen LogP contribution in [0.25, 0.3) is 6.08 Å². The van der Waals surface area contributed by atoms with Crippen molar-refractivity contribution in [3.05, 3.63) is 53.1 Å². The summed E-state index contributed by atoms with van der Waals surface area (Å²) in [5.41, 5.74) is 3.36. The Morgan fingerprint density at radius 3 is 2.97 bits per heavy atom. The van der Waals surface area contributed by atoms with E-state index in [9.17, 15) is 9.59 Å². The van der Waals surface area contributed by atoms with Crippen molar-refractivity contribution in [2.24, 2.45) is 5.92 Å². The first-order valence-electron chi connectivity index (χ1n) is 12.4. The molecular weight excluding hydrogens is 430 g/mol. The molecule has 2 aliphatic carbocycles. The molecule has 8 heteroatoms. The molecule has 1 saturated carbocycles. The second-order valence-electron chi connectivity index (χ2n) is 10.3. The Bertz CT molecular complexity index is 1110. The summed E-state index contributed by atoms with van der Waals surface area (Å²) in [5.74, 6) is 0.993. The van der Waals surface area contributed by atoms with Gasteiger partial charge in [-0.3, -0.25) is 14.7 Å². The number of ether oxygens (including phenoxy) is 1. The minimum atomic E-state index is -0.305. The molecule has 2 unspecified atom stereocenters. The van der Waals surface area contributed by atoms with Gasteiger partial charge in [0.1, 0.15) is 12.2 Å². The molecule has 4 atom stereocenters. The van der Waals surface area contributed by atoms with E-state index in [0.29, 0.717) is 26.2 Å². The maximum absolute atomic E-state index is 13.5. The number of aromatic amines is 1. The van der Waals surface area contributed by atoms with Crippen molar-refractivity contribution in [3.8, 4) is 0 Å². The number of nitrogens with zero attached hydrogens (tertiary/aromatic N) is 3. The van der Waals surface area contributed by atoms with Crippen LogP contribution in [0.4, 0.5) is 0 Å². The molecule has 1 spiro atoms. The number of carbonyl (C=O) groups is 2. The summed E-state index contributed by atoms with van der Waals surface area (Å²) in [6.07, 6.45) is 9.31. The van der Waals surface area contributed by atoms with Gasteiger partial charge in [0.15, 0.2) is 0 Å². The summed E-state index contributed by atoms with van der Waals surface area (Å²) in [6.45, 7) is 1.76. The molecule has 2 aliphatic heterocycles. The Balaban J connectivity index is 1.13. The lowest BCUT2D eigenvalue weighted by molar-refractivity contribution is -0.135. The average Bonchev–Trinajstić information content (AvgIpc) is 3.63. The van der Waals surface area contributed by atoms with Gasteiger partial charge in [0.25, 0.3) is 0 Å². The third-order valence-electron chi connectivity index (χ3n) is 8.18. The van der Waals surface area contributed by atoms with Gasteiger partial charge in [0.05, 0.1) is 12.1 Å². The van der Waals surface area contributed by atoms with Crippen molar-refractivity contribution in [1.29, 1.82) is 0 Å². The summed E-state index contributed by atoms with van der Waals surface area (Å²) in [4.78, 5) is 33.1. The van der Waals surface area contributed by atoms with E-state index in [4.69, 9.17) is 4.74 Å². The quantitative estimate of drug-likeness (QED) is 0.713. The number of fused-ring (bicyclic) bond motifs is 1. The highest BCUT2D eigenvalue weighted by Crippen LogP contribution is 2.40. The van der Waals surface area contributed by atoms with Crippen LogP contribution in [-0.4, -0.2) is 63.2 Å². The fraction of sp³-hybridized carbons (Fsp3) is 0.538. The predicted molar refractivity (Wildman–Crippen MR) is 126 cm³/mol. The van der Waals surface area contributed by atoms with Crippen molar-refractivity contribution in [1.82, 2.24) is 25.4 Å². The zero-order chi connectivity index (χ0) is 23.1. The third-order valence-corrected chi connectivity index (χ3v) is 8.18. The van der Waals surface area contributed by atoms with E-state index in [1.165, 1.54) is 17.5 Å². The van der Waals surface area contributed by atoms with E-state index in [2.05, 4.69) is 38.7 Å². The van der Waals surface area contributed by atoms with E-state index in [1.807, 2.05) is 17.0 Å². The van der Waals surface area contributed by atoms with Crippen LogP contribution in [0.2, 0.25) is 0 Å². The number of nitrogens with one attached hydrogen (secondary N) is 2. The Labute approximate surface area is 199 Å². The second kappa shape index (κ2) is 8.65. The Morgan fingerprint density at radius 2 is 2.18 bits per heavy atom. The minimum absolute atomic E-state index is 0.0520. The topological polar surface area (TPSA) is 100 Å². The van der Waals surface area contributed by atoms with Crippen LogP contribution in [0, 0.1) is 5.92 Å². The highest BCUT2D eigenvalue weighted by atomic mass is 16.5. The van der Waals surface area contributed by atoms with Crippen LogP contribution < -0.4 is 5.32 Å². The fourth-order valence-corrected chi connectivity index (χ4v) is 6.54. The largest absolute Gasteiger partial charge is 0.379 e. The predicted octanol–water partition coefficient (Wildman–Crippen LogP) is 2.59. The molecule has 3 heterocycles. The second-order valence-corrected chi connectivity index (χ2v) is 10.3. The van der Waals surface area contributed by atoms with E-state index in [0.717, 1.165) is 49.9 Å². The first-order chi connectivity index (χ1) is 16.6. The van der Waals surface area contributed by atoms with Crippen molar-refractivity contribution in [2.45, 2.75) is 62.4 Å². The summed E-state index contributed by atoms with van der Waals surface area (Å²) in [6, 6.07) is 8.27. The summed E-state index contributed by atoms with van der Waals surface area (Å²) in [7, 11) is 0. The number of aromatic nitrogens is 3. The first-order valence-corrected chi connectivity index (χ1v) is 12.4. The number of amides is 2. The molecule has 1 aromatic heterocycles. The molecule has 6 rings (SSSR count). The van der Waals surface area contributed by atoms with E-state index >= 15 is 0 Å². The lowest BCUT2D eigenvalue weighted by Gasteiger charge is -2.33. The fourth-order valence-electron chi connectivity index (χ4n) is 6.54. The number of rotatable bonds is 5. The van der Waals surface area contributed by atoms with Crippen LogP contribution in [-0.2, 0) is 20.7 Å². The first kappa shape index (κ1) is 21.5. The number of hydrogen-bond acceptors (Lipinski definition) is 5. The van der Waals surface area contributed by atoms with Gasteiger partial charge in [0, 0.05) is 37.5 Å². The number of carbonyl (C=O) groups excluding carboxylic acids is 2. The molecule has 34 heavy (non-hydrogen) atoms. The standard InChI is InChI=1S/C26H31N5O3/c32-23(12-17-10-18-4-1-2-5-19(18)11-17)31-14-20(13-26(31)8-9-34-15-26)29-25(33)22-7-3-6-21(22)24-27-16-28-30-24/h1-2,4-5,10,16,20-22H,3,6-9,11-15H2,(H,29,33)(H,27,28,30)/t20?,21-,22+,26?/m0/s1. The van der Waals surface area contributed by atoms with Crippen LogP contribution in [0.5, 0.6) is 0 Å². The van der Waals surface area contributed by atoms with Crippen LogP contribution in [0.3, 0.4) is 0 Å². The van der Waals surface area contributed by atoms with Crippen LogP contribution in [0.1, 0.15) is 61.4 Å². The minimum Gasteiger partial charge on any atom is -0.379 e. The van der Waals surface area contributed by atoms with Gasteiger partial charge in [0.2, 0.25) is 11.8 Å². The van der Waals surface area contributed by atoms with Gasteiger partial charge in [-0.15, -0.1) is 0 Å². The molecule has 0 bridgehead atoms. The molecule has 2 N–H and O–H groups in total. The number of hydrogen-bond donors (Lipinski definition) is 2. The summed E-state index contributed by atoms with van der Waals surface area (Å²) in [5, 5.41) is 10.2. The van der Waals surface area contributed by atoms with Crippen LogP contribution in [0.15, 0.2) is 36.2 Å². The molecule has 0 radical (unpaired) electrons. The highest BCUT2D eigenvalue weighted by Gasteiger charge is 2.51. The Hall–Kier alpha value is -3.00. The molecule has 8 nitrogen and oxygen atoms in total. The van der Waals surface area contributed by atoms with Crippen molar-refractivity contribution >= 4 is 17.9 Å². The zero-order valence-corrected chi connectivity index (χ0v) is 19.3. The highest BCUT2D eigenvalue weighted by molar-refractivity contribution is 5.84. The maximum atomic E-state index is 13.5. The molecular formula is C26H31N5O3. The Morgan fingerprint density at radius 1 is 1.26 bits per heavy atom. The van der Waals surface area contributed by atoms with Gasteiger partial charge >= 0.3 is 0 Å². The molecule has 2 amide bonds. The molecule has 1 aromatic carbocycles. The van der Waals surface area contributed by atoms with E-state index in [-0.39, 0.29) is 35.2 Å². The normalized spacial score (nSPS) is 30.1. The molecule has 178 valence electrons. The van der Waals surface area contributed by atoms with Crippen molar-refractivity contribution < 1.29 is 14.3 Å². The molecule has 4 aliphatic rings. The smallest absolute Gasteiger partial charge is 0.227 e. The Kier molecular flexibility index (Phi) is 5.48. The summed E-state index contributed by atoms with van der Waals surface area (Å²) >= 11 is 0. The van der Waals surface area contributed by atoms with Gasteiger partial charge in [-0.05, 0) is 43.2 Å². The monoisotopic (exact) mass is 461 g/mol. The molecule has 2 aromatic rings. The molecule has 3 fully saturated rings. The lowest BCUT2D eigenvalue weighted by atomic mass is 9.92. The maximum Gasteiger partial charge on any atom is 0.227 e. The summed E-state index contributed by atoms with van der Waals surface area (Å²) < 4.78 is 5.76. The lowest BCUT2D eigenvalue weighted by Crippen LogP contribution is -2.48. The van der Waals surface area contributed by atoms with Crippen LogP contribution >= 0.6 is 0 Å². The molecule has 2 saturated heterocycles. The number of H-pyrrole nitrogens is 1. The number of likely N-dealkylation sites (tertiary alicyclic amines) is 1.